The Bertz CT molecular complexity index is 1310. The van der Waals surface area contributed by atoms with E-state index in [0.717, 1.165) is 6.20 Å². The first kappa shape index (κ1) is 26.0. The van der Waals surface area contributed by atoms with E-state index in [1.807, 2.05) is 0 Å². The summed E-state index contributed by atoms with van der Waals surface area (Å²) >= 11 is 0. The number of aromatic carboxylic acids is 1. The van der Waals surface area contributed by atoms with E-state index in [2.05, 4.69) is 20.4 Å². The first-order valence-electron chi connectivity index (χ1n) is 11.7. The fourth-order valence-electron chi connectivity index (χ4n) is 4.06. The van der Waals surface area contributed by atoms with E-state index in [-0.39, 0.29) is 36.6 Å². The van der Waals surface area contributed by atoms with E-state index >= 15 is 0 Å². The molecular weight excluding hydrogens is 490 g/mol. The molecule has 11 nitrogen and oxygen atoms in total. The van der Waals surface area contributed by atoms with Gasteiger partial charge in [0.1, 0.15) is 35.1 Å². The van der Waals surface area contributed by atoms with Crippen LogP contribution in [-0.2, 0) is 4.74 Å². The minimum atomic E-state index is -1.26. The van der Waals surface area contributed by atoms with Crippen LogP contribution in [0.5, 0.6) is 5.88 Å². The smallest absolute Gasteiger partial charge is 0.407 e. The lowest BCUT2D eigenvalue weighted by Gasteiger charge is -2.27. The molecule has 0 saturated carbocycles. The van der Waals surface area contributed by atoms with Crippen molar-refractivity contribution in [3.8, 4) is 5.88 Å². The Kier molecular flexibility index (Phi) is 7.14. The number of amides is 1. The van der Waals surface area contributed by atoms with Crippen LogP contribution in [0.1, 0.15) is 56.1 Å². The number of rotatable bonds is 7. The number of anilines is 1. The number of fused-ring (bicyclic) bond motifs is 1. The van der Waals surface area contributed by atoms with Gasteiger partial charge in [0.05, 0.1) is 31.5 Å². The second-order valence-electron chi connectivity index (χ2n) is 9.78. The molecule has 1 aliphatic rings. The zero-order chi connectivity index (χ0) is 26.9. The molecule has 1 aliphatic heterocycles. The molecule has 4 heterocycles. The quantitative estimate of drug-likeness (QED) is 0.482. The average Bonchev–Trinajstić information content (AvgIpc) is 3.41. The molecule has 0 spiro atoms. The van der Waals surface area contributed by atoms with Crippen LogP contribution in [0, 0.1) is 5.82 Å². The van der Waals surface area contributed by atoms with Crippen molar-refractivity contribution in [1.82, 2.24) is 24.9 Å². The molecule has 1 fully saturated rings. The standard InChI is InChI=1S/C24H28F2N6O5/c1-13(9-28-23(35)37-24(2,3)4)36-21-16(7-14(25)10-27-21)18-8-15(26)12-31(18)19-5-6-32-20(30-19)17(11-29-32)22(33)34/h5-7,10-11,13,15,18H,8-9,12H2,1-4H3,(H,28,35)(H,33,34)/t13-,15-,18+/m0/s1. The Balaban J connectivity index is 1.58. The van der Waals surface area contributed by atoms with Crippen molar-refractivity contribution in [2.75, 3.05) is 18.0 Å². The first-order chi connectivity index (χ1) is 17.4. The van der Waals surface area contributed by atoms with Gasteiger partial charge in [-0.1, -0.05) is 0 Å². The van der Waals surface area contributed by atoms with E-state index in [1.165, 1.54) is 23.0 Å². The molecule has 1 saturated heterocycles. The number of hydrogen-bond donors (Lipinski definition) is 2. The Morgan fingerprint density at radius 1 is 1.32 bits per heavy atom. The average molecular weight is 519 g/mol. The summed E-state index contributed by atoms with van der Waals surface area (Å²) in [5.41, 5.74) is -0.356. The second kappa shape index (κ2) is 10.1. The molecule has 198 valence electrons. The summed E-state index contributed by atoms with van der Waals surface area (Å²) in [4.78, 5) is 33.6. The first-order valence-corrected chi connectivity index (χ1v) is 11.7. The van der Waals surface area contributed by atoms with Crippen molar-refractivity contribution in [2.45, 2.75) is 58.0 Å². The lowest BCUT2D eigenvalue weighted by molar-refractivity contribution is 0.0503. The number of aromatic nitrogens is 4. The van der Waals surface area contributed by atoms with Gasteiger partial charge < -0.3 is 24.8 Å². The highest BCUT2D eigenvalue weighted by atomic mass is 19.1. The number of alkyl halides is 1. The molecule has 3 aromatic rings. The number of hydrogen-bond acceptors (Lipinski definition) is 8. The monoisotopic (exact) mass is 518 g/mol. The van der Waals surface area contributed by atoms with E-state index in [9.17, 15) is 23.5 Å². The van der Waals surface area contributed by atoms with Crippen LogP contribution in [0.3, 0.4) is 0 Å². The summed E-state index contributed by atoms with van der Waals surface area (Å²) in [6.45, 7) is 6.97. The van der Waals surface area contributed by atoms with Crippen LogP contribution in [-0.4, -0.2) is 67.7 Å². The lowest BCUT2D eigenvalue weighted by Crippen LogP contribution is -2.38. The van der Waals surface area contributed by atoms with Crippen LogP contribution in [0.2, 0.25) is 0 Å². The number of nitrogens with zero attached hydrogens (tertiary/aromatic N) is 5. The fourth-order valence-corrected chi connectivity index (χ4v) is 4.06. The zero-order valence-corrected chi connectivity index (χ0v) is 20.8. The predicted molar refractivity (Wildman–Crippen MR) is 128 cm³/mol. The third-order valence-electron chi connectivity index (χ3n) is 5.58. The number of alkyl carbamates (subject to hydrolysis) is 1. The van der Waals surface area contributed by atoms with Gasteiger partial charge in [0.15, 0.2) is 5.65 Å². The maximum atomic E-state index is 14.7. The molecule has 0 unspecified atom stereocenters. The number of halogens is 2. The van der Waals surface area contributed by atoms with Gasteiger partial charge in [0.25, 0.3) is 0 Å². The molecule has 0 aromatic carbocycles. The number of carboxylic acids is 1. The number of carbonyl (C=O) groups excluding carboxylic acids is 1. The highest BCUT2D eigenvalue weighted by Crippen LogP contribution is 2.40. The third-order valence-corrected chi connectivity index (χ3v) is 5.58. The van der Waals surface area contributed by atoms with Crippen LogP contribution in [0.25, 0.3) is 5.65 Å². The molecule has 13 heteroatoms. The Morgan fingerprint density at radius 2 is 2.08 bits per heavy atom. The number of carboxylic acid groups (broad SMARTS) is 1. The van der Waals surface area contributed by atoms with Gasteiger partial charge in [-0.3, -0.25) is 0 Å². The van der Waals surface area contributed by atoms with Crippen molar-refractivity contribution < 1.29 is 33.0 Å². The molecule has 3 aromatic heterocycles. The molecule has 3 atom stereocenters. The number of carbonyl (C=O) groups is 2. The van der Waals surface area contributed by atoms with Gasteiger partial charge in [-0.2, -0.15) is 5.10 Å². The Hall–Kier alpha value is -4.03. The second-order valence-corrected chi connectivity index (χ2v) is 9.78. The third kappa shape index (κ3) is 6.04. The lowest BCUT2D eigenvalue weighted by atomic mass is 10.1. The minimum Gasteiger partial charge on any atom is -0.477 e. The van der Waals surface area contributed by atoms with Gasteiger partial charge in [0.2, 0.25) is 5.88 Å². The van der Waals surface area contributed by atoms with Crippen molar-refractivity contribution in [1.29, 1.82) is 0 Å². The van der Waals surface area contributed by atoms with Crippen LogP contribution >= 0.6 is 0 Å². The minimum absolute atomic E-state index is 0.0178. The molecular formula is C24H28F2N6O5. The van der Waals surface area contributed by atoms with E-state index < -0.39 is 41.8 Å². The van der Waals surface area contributed by atoms with Crippen LogP contribution in [0.4, 0.5) is 19.4 Å². The van der Waals surface area contributed by atoms with E-state index in [0.29, 0.717) is 11.4 Å². The summed E-state index contributed by atoms with van der Waals surface area (Å²) in [7, 11) is 0. The maximum Gasteiger partial charge on any atom is 0.407 e. The molecule has 0 radical (unpaired) electrons. The molecule has 0 bridgehead atoms. The Labute approximate surface area is 211 Å². The molecule has 1 amide bonds. The summed E-state index contributed by atoms with van der Waals surface area (Å²) in [6, 6.07) is 2.12. The maximum absolute atomic E-state index is 14.7. The van der Waals surface area contributed by atoms with E-state index in [4.69, 9.17) is 9.47 Å². The van der Waals surface area contributed by atoms with Crippen molar-refractivity contribution in [2.24, 2.45) is 0 Å². The van der Waals surface area contributed by atoms with Gasteiger partial charge in [-0.15, -0.1) is 0 Å². The predicted octanol–water partition coefficient (Wildman–Crippen LogP) is 3.54. The summed E-state index contributed by atoms with van der Waals surface area (Å²) < 4.78 is 41.4. The van der Waals surface area contributed by atoms with Crippen molar-refractivity contribution in [3.63, 3.8) is 0 Å². The van der Waals surface area contributed by atoms with Crippen LogP contribution < -0.4 is 15.0 Å². The molecule has 4 rings (SSSR count). The summed E-state index contributed by atoms with van der Waals surface area (Å²) in [6.07, 6.45) is 1.29. The van der Waals surface area contributed by atoms with E-state index in [1.54, 1.807) is 38.7 Å². The van der Waals surface area contributed by atoms with Crippen molar-refractivity contribution in [3.05, 3.63) is 47.7 Å². The molecule has 37 heavy (non-hydrogen) atoms. The van der Waals surface area contributed by atoms with Gasteiger partial charge in [-0.25, -0.2) is 32.9 Å². The summed E-state index contributed by atoms with van der Waals surface area (Å²) in [5.74, 6) is -1.44. The van der Waals surface area contributed by atoms with Crippen molar-refractivity contribution >= 4 is 23.5 Å². The largest absolute Gasteiger partial charge is 0.477 e. The molecule has 0 aliphatic carbocycles. The Morgan fingerprint density at radius 3 is 2.78 bits per heavy atom. The topological polar surface area (TPSA) is 131 Å². The number of pyridine rings is 1. The van der Waals surface area contributed by atoms with Gasteiger partial charge in [0, 0.05) is 18.2 Å². The number of nitrogens with one attached hydrogen (secondary N) is 1. The fraction of sp³-hybridized carbons (Fsp3) is 0.458. The highest BCUT2D eigenvalue weighted by Gasteiger charge is 2.37. The molecule has 2 N–H and O–H groups in total. The summed E-state index contributed by atoms with van der Waals surface area (Å²) in [5, 5.41) is 16.0. The SMILES string of the molecule is C[C@@H](CNC(=O)OC(C)(C)C)Oc1ncc(F)cc1[C@H]1C[C@H](F)CN1c1ccn2ncc(C(=O)O)c2n1. The highest BCUT2D eigenvalue weighted by molar-refractivity contribution is 5.94. The zero-order valence-electron chi connectivity index (χ0n) is 20.8. The number of ether oxygens (including phenoxy) is 2. The van der Waals surface area contributed by atoms with Gasteiger partial charge in [-0.05, 0) is 39.8 Å². The van der Waals surface area contributed by atoms with Gasteiger partial charge >= 0.3 is 12.1 Å². The normalized spacial score (nSPS) is 18.6. The van der Waals surface area contributed by atoms with Crippen LogP contribution in [0.15, 0.2) is 30.7 Å².